The molecule has 12 rings (SSSR count). The highest BCUT2D eigenvalue weighted by atomic mass is 19.1. The number of anilines is 3. The highest BCUT2D eigenvalue weighted by Gasteiger charge is 2.31. The summed E-state index contributed by atoms with van der Waals surface area (Å²) in [7, 11) is 5.26. The van der Waals surface area contributed by atoms with Gasteiger partial charge in [-0.3, -0.25) is 9.80 Å². The molecule has 27 nitrogen and oxygen atoms in total. The standard InChI is InChI=1S/C30H42FN7O2.2C27H36FN7O2.7H2/c1-5-7-26(13-15-38-14-6-8-22(20-38)16-21-9-11-25(31)12-10-21)32-29(39)33-27-18-23(28-34-35-36-37(28)4)17-24(19-27)30(2,3)40;1-18(2)24(30-27(37)29-23-8-4-7-21(15-23)26-31-32-33-34(26)3)16-25(36)35-13-5-6-20(17-35)14-19-9-11-22(28)12-10-19;1-3-6-23(29-27(37)30-24-9-4-8-21(16-24)26-31-32-33-34(26)2)17-25(36)35-14-5-7-20(18-35)15-19-10-12-22(28)13-11-19;;;;;;;/h9-12,17-19,22,26,40H,5-8,13-16,20H2,1-4H3,(H2,32,33,39);4,7-12,15,18,20,24-25,36H,5-6,13-14,16-17H2,1-3H3,(H2,29,30,37);4,8-13,16,20,23,25,36H,3,5-7,14-15,17-18H2,1-2H3,(H2,29,30,37);7*1H/t22-,26+;20-,24-,25+;20-,23+,25+;;;;;;;/m000......./s1. The van der Waals surface area contributed by atoms with Crippen LogP contribution < -0.4 is 31.9 Å². The van der Waals surface area contributed by atoms with E-state index in [4.69, 9.17) is 0 Å². The average molecular weight is 1590 g/mol. The zero-order chi connectivity index (χ0) is 81.3. The first kappa shape index (κ1) is 86.3. The van der Waals surface area contributed by atoms with E-state index >= 15 is 0 Å². The first-order chi connectivity index (χ1) is 54.8. The molecule has 3 fully saturated rings. The Bertz CT molecular complexity index is 4500. The maximum absolute atomic E-state index is 13.3. The van der Waals surface area contributed by atoms with Gasteiger partial charge in [0.2, 0.25) is 0 Å². The molecule has 0 bridgehead atoms. The van der Waals surface area contributed by atoms with Crippen molar-refractivity contribution < 1.29 is 52.9 Å². The van der Waals surface area contributed by atoms with Gasteiger partial charge in [-0.1, -0.05) is 101 Å². The van der Waals surface area contributed by atoms with Crippen LogP contribution in [0.4, 0.5) is 44.6 Å². The molecule has 0 radical (unpaired) electrons. The van der Waals surface area contributed by atoms with Crippen LogP contribution in [0, 0.1) is 41.1 Å². The van der Waals surface area contributed by atoms with Crippen molar-refractivity contribution in [2.24, 2.45) is 44.8 Å². The van der Waals surface area contributed by atoms with Crippen LogP contribution in [0.3, 0.4) is 0 Å². The zero-order valence-electron chi connectivity index (χ0n) is 67.1. The summed E-state index contributed by atoms with van der Waals surface area (Å²) in [6.07, 6.45) is 13.2. The Kier molecular flexibility index (Phi) is 32.0. The molecule has 3 saturated heterocycles. The van der Waals surface area contributed by atoms with Gasteiger partial charge in [0.15, 0.2) is 17.5 Å². The van der Waals surface area contributed by atoms with Gasteiger partial charge in [0.1, 0.15) is 29.9 Å². The molecule has 114 heavy (non-hydrogen) atoms. The minimum absolute atomic E-state index is 0. The summed E-state index contributed by atoms with van der Waals surface area (Å²) in [4.78, 5) is 45.4. The van der Waals surface area contributed by atoms with E-state index in [9.17, 15) is 42.9 Å². The molecule has 3 aliphatic rings. The number of rotatable bonds is 30. The van der Waals surface area contributed by atoms with E-state index in [1.807, 2.05) is 105 Å². The molecule has 626 valence electrons. The fourth-order valence-electron chi connectivity index (χ4n) is 15.4. The summed E-state index contributed by atoms with van der Waals surface area (Å²) < 4.78 is 44.4. The summed E-state index contributed by atoms with van der Waals surface area (Å²) in [6, 6.07) is 39.1. The molecule has 3 aliphatic heterocycles. The van der Waals surface area contributed by atoms with Crippen LogP contribution in [-0.4, -0.2) is 185 Å². The number of nitrogens with zero attached hydrogens (tertiary/aromatic N) is 15. The number of urea groups is 3. The molecule has 6 heterocycles. The van der Waals surface area contributed by atoms with E-state index in [-0.39, 0.29) is 69.6 Å². The molecule has 9 N–H and O–H groups in total. The lowest BCUT2D eigenvalue weighted by atomic mass is 9.90. The Morgan fingerprint density at radius 1 is 0.500 bits per heavy atom. The summed E-state index contributed by atoms with van der Waals surface area (Å²) in [5.41, 5.74) is 7.06. The number of carbonyl (C=O) groups is 3. The number of amides is 6. The molecule has 6 aromatic carbocycles. The van der Waals surface area contributed by atoms with Gasteiger partial charge >= 0.3 is 18.1 Å². The Balaban J connectivity index is 0.000000456. The quantitative estimate of drug-likeness (QED) is 0.0202. The molecule has 8 atom stereocenters. The lowest BCUT2D eigenvalue weighted by Crippen LogP contribution is -2.49. The van der Waals surface area contributed by atoms with Crippen molar-refractivity contribution in [1.82, 2.24) is 91.3 Å². The van der Waals surface area contributed by atoms with Gasteiger partial charge in [-0.05, 0) is 254 Å². The van der Waals surface area contributed by atoms with Gasteiger partial charge in [-0.2, -0.15) is 0 Å². The number of nitrogens with one attached hydrogen (secondary N) is 6. The third-order valence-corrected chi connectivity index (χ3v) is 21.5. The molecule has 3 aromatic heterocycles. The third-order valence-electron chi connectivity index (χ3n) is 21.5. The van der Waals surface area contributed by atoms with E-state index in [0.29, 0.717) is 76.3 Å². The van der Waals surface area contributed by atoms with Crippen LogP contribution in [0.5, 0.6) is 0 Å². The normalized spacial score (nSPS) is 17.6. The van der Waals surface area contributed by atoms with Gasteiger partial charge in [-0.15, -0.1) is 15.3 Å². The van der Waals surface area contributed by atoms with E-state index in [1.165, 1.54) is 48.4 Å². The summed E-state index contributed by atoms with van der Waals surface area (Å²) in [5, 5.41) is 85.5. The van der Waals surface area contributed by atoms with E-state index < -0.39 is 18.1 Å². The maximum atomic E-state index is 13.3. The first-order valence-corrected chi connectivity index (χ1v) is 40.1. The lowest BCUT2D eigenvalue weighted by Gasteiger charge is -2.38. The highest BCUT2D eigenvalue weighted by Crippen LogP contribution is 2.32. The number of tetrazole rings is 3. The number of aromatic nitrogens is 12. The van der Waals surface area contributed by atoms with Crippen molar-refractivity contribution in [2.45, 2.75) is 180 Å². The Morgan fingerprint density at radius 2 is 0.904 bits per heavy atom. The van der Waals surface area contributed by atoms with Gasteiger partial charge in [0.05, 0.1) is 5.60 Å². The largest absolute Gasteiger partial charge is 0.386 e. The number of halogens is 3. The minimum atomic E-state index is -1.11. The van der Waals surface area contributed by atoms with Gasteiger partial charge < -0.3 is 52.1 Å². The number of likely N-dealkylation sites (tertiary alicyclic amines) is 3. The van der Waals surface area contributed by atoms with Crippen LogP contribution in [0.2, 0.25) is 0 Å². The van der Waals surface area contributed by atoms with Gasteiger partial charge in [0, 0.05) is 135 Å². The Hall–Kier alpha value is -10.1. The molecule has 0 saturated carbocycles. The molecule has 0 unspecified atom stereocenters. The monoisotopic (exact) mass is 1580 g/mol. The Morgan fingerprint density at radius 3 is 1.34 bits per heavy atom. The van der Waals surface area contributed by atoms with Crippen molar-refractivity contribution in [3.05, 3.63) is 179 Å². The van der Waals surface area contributed by atoms with Crippen LogP contribution in [0.25, 0.3) is 34.2 Å². The fourth-order valence-corrected chi connectivity index (χ4v) is 15.4. The second-order valence-corrected chi connectivity index (χ2v) is 31.5. The minimum Gasteiger partial charge on any atom is -0.386 e. The average Bonchev–Trinajstić information content (AvgIpc) is 1.78. The molecule has 0 aliphatic carbocycles. The molecule has 9 aromatic rings. The highest BCUT2D eigenvalue weighted by molar-refractivity contribution is 5.91. The smallest absolute Gasteiger partial charge is 0.319 e. The zero-order valence-corrected chi connectivity index (χ0v) is 67.1. The van der Waals surface area contributed by atoms with Crippen LogP contribution in [0.15, 0.2) is 140 Å². The number of carbonyl (C=O) groups excluding carboxylic acids is 3. The summed E-state index contributed by atoms with van der Waals surface area (Å²) >= 11 is 0. The van der Waals surface area contributed by atoms with Crippen molar-refractivity contribution in [3.63, 3.8) is 0 Å². The predicted molar refractivity (Wildman–Crippen MR) is 449 cm³/mol. The topological polar surface area (TPSA) is 325 Å². The molecule has 30 heteroatoms. The SMILES string of the molecule is CC(C)[C@H](C[C@@H](O)N1CCC[C@@H](Cc2ccc(F)cc2)C1)NC(=O)Nc1cccc(-c2nnnn2C)c1.CCC[C@H](CCN1CCC[C@@H](Cc2ccc(F)cc2)C1)NC(=O)Nc1cc(-c2nnnn2C)cc(C(C)(C)O)c1.CCC[C@H](C[C@@H](O)N1CCC[C@@H](Cc2ccc(F)cc2)C1)NC(=O)Nc1cccc(-c2nnnn2C)c1.[HH].[HH].[HH].[HH].[HH].[HH].[HH]. The lowest BCUT2D eigenvalue weighted by molar-refractivity contribution is -0.0341. The van der Waals surface area contributed by atoms with E-state index in [2.05, 4.69) is 107 Å². The number of piperidine rings is 3. The number of hydrogen-bond acceptors (Lipinski definition) is 18. The molecule has 6 amide bonds. The van der Waals surface area contributed by atoms with Gasteiger partial charge in [0.25, 0.3) is 0 Å². The summed E-state index contributed by atoms with van der Waals surface area (Å²) in [6.45, 7) is 17.9. The molecule has 0 spiro atoms. The second kappa shape index (κ2) is 42.3. The van der Waals surface area contributed by atoms with Gasteiger partial charge in [-0.25, -0.2) is 41.6 Å². The van der Waals surface area contributed by atoms with Crippen LogP contribution >= 0.6 is 0 Å². The van der Waals surface area contributed by atoms with Crippen molar-refractivity contribution in [2.75, 3.05) is 61.8 Å². The van der Waals surface area contributed by atoms with Crippen molar-refractivity contribution >= 4 is 35.2 Å². The molecular weight excluding hydrogens is 1460 g/mol. The summed E-state index contributed by atoms with van der Waals surface area (Å²) in [5.74, 6) is 2.61. The third kappa shape index (κ3) is 26.8. The van der Waals surface area contributed by atoms with E-state index in [0.717, 1.165) is 152 Å². The fraction of sp³-hybridized carbons (Fsp3) is 0.500. The maximum Gasteiger partial charge on any atom is 0.319 e. The van der Waals surface area contributed by atoms with Crippen molar-refractivity contribution in [1.29, 1.82) is 0 Å². The predicted octanol–water partition coefficient (Wildman–Crippen LogP) is 14.4. The Labute approximate surface area is 677 Å². The van der Waals surface area contributed by atoms with Crippen LogP contribution in [0.1, 0.15) is 157 Å². The number of benzene rings is 6. The van der Waals surface area contributed by atoms with Crippen LogP contribution in [-0.2, 0) is 46.0 Å². The number of aryl methyl sites for hydroxylation is 3. The first-order valence-electron chi connectivity index (χ1n) is 40.1. The van der Waals surface area contributed by atoms with Crippen molar-refractivity contribution in [3.8, 4) is 34.2 Å². The molecular formula is C84H128F3N21O6. The second-order valence-electron chi connectivity index (χ2n) is 31.5. The number of aliphatic hydroxyl groups is 3. The number of hydrogen-bond donors (Lipinski definition) is 9. The number of aliphatic hydroxyl groups excluding tert-OH is 2. The van der Waals surface area contributed by atoms with E-state index in [1.54, 1.807) is 61.2 Å².